The van der Waals surface area contributed by atoms with Crippen LogP contribution < -0.4 is 4.90 Å². The van der Waals surface area contributed by atoms with Crippen LogP contribution in [0.1, 0.15) is 24.8 Å². The van der Waals surface area contributed by atoms with Gasteiger partial charge in [0.15, 0.2) is 0 Å². The third-order valence-electron chi connectivity index (χ3n) is 4.87. The highest BCUT2D eigenvalue weighted by Gasteiger charge is 2.31. The smallest absolute Gasteiger partial charge is 0.243 e. The van der Waals surface area contributed by atoms with Gasteiger partial charge in [-0.15, -0.1) is 0 Å². The van der Waals surface area contributed by atoms with E-state index in [0.717, 1.165) is 25.2 Å². The highest BCUT2D eigenvalue weighted by molar-refractivity contribution is 5.96. The molecule has 1 aliphatic rings. The summed E-state index contributed by atoms with van der Waals surface area (Å²) in [7, 11) is 1.86. The summed E-state index contributed by atoms with van der Waals surface area (Å²) in [5.74, 6) is 0.693. The van der Waals surface area contributed by atoms with Crippen LogP contribution in [0.3, 0.4) is 0 Å². The third kappa shape index (κ3) is 3.45. The Morgan fingerprint density at radius 1 is 1.09 bits per heavy atom. The molecule has 23 heavy (non-hydrogen) atoms. The minimum absolute atomic E-state index is 0.0890. The van der Waals surface area contributed by atoms with Crippen LogP contribution in [0.25, 0.3) is 0 Å². The molecule has 2 atom stereocenters. The van der Waals surface area contributed by atoms with Crippen molar-refractivity contribution in [1.29, 1.82) is 0 Å². The molecule has 1 fully saturated rings. The monoisotopic (exact) mass is 308 g/mol. The van der Waals surface area contributed by atoms with Crippen LogP contribution in [0.15, 0.2) is 60.7 Å². The molecule has 1 saturated heterocycles. The lowest BCUT2D eigenvalue weighted by Gasteiger charge is -2.28. The number of anilines is 1. The van der Waals surface area contributed by atoms with Gasteiger partial charge >= 0.3 is 0 Å². The zero-order valence-corrected chi connectivity index (χ0v) is 13.9. The van der Waals surface area contributed by atoms with E-state index in [1.165, 1.54) is 5.56 Å². The number of likely N-dealkylation sites (tertiary alicyclic amines) is 1. The quantitative estimate of drug-likeness (QED) is 0.862. The van der Waals surface area contributed by atoms with E-state index in [9.17, 15) is 4.79 Å². The van der Waals surface area contributed by atoms with Gasteiger partial charge < -0.3 is 4.90 Å². The zero-order valence-electron chi connectivity index (χ0n) is 13.9. The number of benzene rings is 2. The average Bonchev–Trinajstić information content (AvgIpc) is 3.11. The lowest BCUT2D eigenvalue weighted by atomic mass is 9.99. The van der Waals surface area contributed by atoms with E-state index in [1.54, 1.807) is 4.90 Å². The van der Waals surface area contributed by atoms with Crippen molar-refractivity contribution in [2.75, 3.05) is 25.0 Å². The Hall–Kier alpha value is -2.13. The maximum absolute atomic E-state index is 12.8. The number of para-hydroxylation sites is 1. The Balaban J connectivity index is 1.65. The van der Waals surface area contributed by atoms with Crippen molar-refractivity contribution in [2.45, 2.75) is 25.3 Å². The van der Waals surface area contributed by atoms with Gasteiger partial charge in [-0.05, 0) is 43.5 Å². The van der Waals surface area contributed by atoms with Gasteiger partial charge in [-0.3, -0.25) is 9.69 Å². The first-order valence-corrected chi connectivity index (χ1v) is 8.28. The zero-order chi connectivity index (χ0) is 16.2. The molecule has 120 valence electrons. The minimum atomic E-state index is -0.0890. The van der Waals surface area contributed by atoms with Crippen LogP contribution in [0.4, 0.5) is 5.69 Å². The highest BCUT2D eigenvalue weighted by atomic mass is 16.2. The van der Waals surface area contributed by atoms with Gasteiger partial charge in [0.05, 0.1) is 6.04 Å². The fraction of sp³-hybridized carbons (Fsp3) is 0.350. The lowest BCUT2D eigenvalue weighted by Crippen LogP contribution is -2.45. The summed E-state index contributed by atoms with van der Waals surface area (Å²) in [6, 6.07) is 20.4. The van der Waals surface area contributed by atoms with Crippen molar-refractivity contribution >= 4 is 11.6 Å². The Bertz CT molecular complexity index is 641. The maximum atomic E-state index is 12.8. The topological polar surface area (TPSA) is 23.6 Å². The second-order valence-corrected chi connectivity index (χ2v) is 6.30. The molecule has 0 N–H and O–H groups in total. The second kappa shape index (κ2) is 6.97. The van der Waals surface area contributed by atoms with E-state index in [1.807, 2.05) is 44.3 Å². The molecule has 2 aromatic carbocycles. The van der Waals surface area contributed by atoms with Crippen LogP contribution in [0, 0.1) is 0 Å². The third-order valence-corrected chi connectivity index (χ3v) is 4.87. The standard InChI is InChI=1S/C20H24N2O/c1-16(20(23)21(2)19-11-7-4-8-12-19)22-14-13-18(15-22)17-9-5-3-6-10-17/h3-12,16,18H,13-15H2,1-2H3. The predicted molar refractivity (Wildman–Crippen MR) is 94.7 cm³/mol. The first-order valence-electron chi connectivity index (χ1n) is 8.28. The van der Waals surface area contributed by atoms with Crippen molar-refractivity contribution in [1.82, 2.24) is 4.90 Å². The molecule has 1 amide bonds. The van der Waals surface area contributed by atoms with Gasteiger partial charge in [0, 0.05) is 19.3 Å². The molecular weight excluding hydrogens is 284 g/mol. The van der Waals surface area contributed by atoms with E-state index < -0.39 is 0 Å². The first kappa shape index (κ1) is 15.8. The molecule has 0 aromatic heterocycles. The van der Waals surface area contributed by atoms with Gasteiger partial charge in [-0.2, -0.15) is 0 Å². The van der Waals surface area contributed by atoms with Gasteiger partial charge in [0.2, 0.25) is 5.91 Å². The van der Waals surface area contributed by atoms with Crippen molar-refractivity contribution in [3.8, 4) is 0 Å². The van der Waals surface area contributed by atoms with Gasteiger partial charge in [0.1, 0.15) is 0 Å². The maximum Gasteiger partial charge on any atom is 0.243 e. The van der Waals surface area contributed by atoms with Gasteiger partial charge in [-0.1, -0.05) is 48.5 Å². The van der Waals surface area contributed by atoms with Crippen molar-refractivity contribution < 1.29 is 4.79 Å². The number of rotatable bonds is 4. The Labute approximate surface area is 138 Å². The van der Waals surface area contributed by atoms with E-state index in [4.69, 9.17) is 0 Å². The molecule has 3 heteroatoms. The number of nitrogens with zero attached hydrogens (tertiary/aromatic N) is 2. The molecule has 0 saturated carbocycles. The first-order chi connectivity index (χ1) is 11.2. The summed E-state index contributed by atoms with van der Waals surface area (Å²) in [5, 5.41) is 0. The molecule has 3 rings (SSSR count). The van der Waals surface area contributed by atoms with Crippen LogP contribution >= 0.6 is 0 Å². The Kier molecular flexibility index (Phi) is 4.77. The fourth-order valence-electron chi connectivity index (χ4n) is 3.35. The fourth-order valence-corrected chi connectivity index (χ4v) is 3.35. The average molecular weight is 308 g/mol. The Morgan fingerprint density at radius 2 is 1.70 bits per heavy atom. The molecule has 3 nitrogen and oxygen atoms in total. The summed E-state index contributed by atoms with van der Waals surface area (Å²) < 4.78 is 0. The van der Waals surface area contributed by atoms with E-state index in [2.05, 4.69) is 35.2 Å². The SMILES string of the molecule is CC(C(=O)N(C)c1ccccc1)N1CCC(c2ccccc2)C1. The predicted octanol–water partition coefficient (Wildman–Crippen LogP) is 3.53. The number of carbonyl (C=O) groups excluding carboxylic acids is 1. The minimum Gasteiger partial charge on any atom is -0.314 e. The summed E-state index contributed by atoms with van der Waals surface area (Å²) in [6.45, 7) is 3.96. The molecule has 1 heterocycles. The van der Waals surface area contributed by atoms with Gasteiger partial charge in [-0.25, -0.2) is 0 Å². The van der Waals surface area contributed by atoms with Crippen LogP contribution in [-0.2, 0) is 4.79 Å². The molecule has 2 aromatic rings. The molecule has 0 aliphatic carbocycles. The Morgan fingerprint density at radius 3 is 2.35 bits per heavy atom. The molecule has 0 radical (unpaired) electrons. The van der Waals surface area contributed by atoms with Crippen LogP contribution in [0.2, 0.25) is 0 Å². The van der Waals surface area contributed by atoms with E-state index in [0.29, 0.717) is 5.92 Å². The van der Waals surface area contributed by atoms with Crippen LogP contribution in [-0.4, -0.2) is 37.0 Å². The molecule has 0 bridgehead atoms. The summed E-state index contributed by atoms with van der Waals surface area (Å²) >= 11 is 0. The molecule has 0 spiro atoms. The van der Waals surface area contributed by atoms with Crippen LogP contribution in [0.5, 0.6) is 0 Å². The van der Waals surface area contributed by atoms with Crippen molar-refractivity contribution in [2.24, 2.45) is 0 Å². The number of hydrogen-bond donors (Lipinski definition) is 0. The lowest BCUT2D eigenvalue weighted by molar-refractivity contribution is -0.122. The van der Waals surface area contributed by atoms with Crippen molar-refractivity contribution in [3.63, 3.8) is 0 Å². The number of carbonyl (C=O) groups is 1. The van der Waals surface area contributed by atoms with E-state index >= 15 is 0 Å². The normalized spacial score (nSPS) is 19.5. The molecule has 1 aliphatic heterocycles. The second-order valence-electron chi connectivity index (χ2n) is 6.30. The van der Waals surface area contributed by atoms with E-state index in [-0.39, 0.29) is 11.9 Å². The largest absolute Gasteiger partial charge is 0.314 e. The van der Waals surface area contributed by atoms with Gasteiger partial charge in [0.25, 0.3) is 0 Å². The summed E-state index contributed by atoms with van der Waals surface area (Å²) in [5.41, 5.74) is 2.33. The summed E-state index contributed by atoms with van der Waals surface area (Å²) in [4.78, 5) is 16.8. The number of amides is 1. The summed E-state index contributed by atoms with van der Waals surface area (Å²) in [6.07, 6.45) is 1.12. The van der Waals surface area contributed by atoms with Crippen molar-refractivity contribution in [3.05, 3.63) is 66.2 Å². The number of likely N-dealkylation sites (N-methyl/N-ethyl adjacent to an activating group) is 1. The number of hydrogen-bond acceptors (Lipinski definition) is 2. The highest BCUT2D eigenvalue weighted by Crippen LogP contribution is 2.28. The molecular formula is C20H24N2O. The molecule has 2 unspecified atom stereocenters.